The minimum Gasteiger partial charge on any atom is -0.496 e. The lowest BCUT2D eigenvalue weighted by Crippen LogP contribution is -2.04. The zero-order valence-electron chi connectivity index (χ0n) is 9.90. The first kappa shape index (κ1) is 13.3. The van der Waals surface area contributed by atoms with Crippen molar-refractivity contribution in [3.63, 3.8) is 0 Å². The smallest absolute Gasteiger partial charge is 0.339 e. The van der Waals surface area contributed by atoms with Gasteiger partial charge in [-0.2, -0.15) is 0 Å². The fraction of sp³-hybridized carbons (Fsp3) is 0.417. The number of carboxylic acids is 1. The highest BCUT2D eigenvalue weighted by atomic mass is 16.5. The van der Waals surface area contributed by atoms with Gasteiger partial charge < -0.3 is 19.7 Å². The molecular weight excluding hydrogens is 224 g/mol. The monoisotopic (exact) mass is 240 g/mol. The van der Waals surface area contributed by atoms with Crippen LogP contribution in [0.1, 0.15) is 22.3 Å². The molecule has 0 amide bonds. The number of methoxy groups -OCH3 is 2. The van der Waals surface area contributed by atoms with Gasteiger partial charge in [-0.3, -0.25) is 0 Å². The van der Waals surface area contributed by atoms with Crippen molar-refractivity contribution >= 4 is 5.97 Å². The number of ether oxygens (including phenoxy) is 2. The molecule has 1 rings (SSSR count). The van der Waals surface area contributed by atoms with Crippen molar-refractivity contribution in [2.75, 3.05) is 20.8 Å². The van der Waals surface area contributed by atoms with Gasteiger partial charge in [0.15, 0.2) is 0 Å². The van der Waals surface area contributed by atoms with E-state index in [2.05, 4.69) is 0 Å². The van der Waals surface area contributed by atoms with E-state index < -0.39 is 5.97 Å². The number of hydrogen-bond donors (Lipinski definition) is 2. The summed E-state index contributed by atoms with van der Waals surface area (Å²) in [4.78, 5) is 11.0. The molecule has 0 atom stereocenters. The molecule has 2 N–H and O–H groups in total. The Hall–Kier alpha value is -1.75. The van der Waals surface area contributed by atoms with E-state index in [-0.39, 0.29) is 17.9 Å². The first-order chi connectivity index (χ1) is 8.13. The molecule has 0 aliphatic carbocycles. The van der Waals surface area contributed by atoms with Gasteiger partial charge in [0.2, 0.25) is 0 Å². The third-order valence-corrected chi connectivity index (χ3v) is 2.44. The number of carboxylic acid groups (broad SMARTS) is 1. The molecule has 0 saturated heterocycles. The summed E-state index contributed by atoms with van der Waals surface area (Å²) in [5.74, 6) is -0.211. The SMILES string of the molecule is COc1cc(OC)c(C(=O)O)cc1CCCO. The quantitative estimate of drug-likeness (QED) is 0.784. The van der Waals surface area contributed by atoms with Gasteiger partial charge in [-0.1, -0.05) is 0 Å². The summed E-state index contributed by atoms with van der Waals surface area (Å²) < 4.78 is 10.2. The Kier molecular flexibility index (Phi) is 4.78. The fourth-order valence-electron chi connectivity index (χ4n) is 1.60. The first-order valence-corrected chi connectivity index (χ1v) is 5.23. The van der Waals surface area contributed by atoms with E-state index in [4.69, 9.17) is 19.7 Å². The van der Waals surface area contributed by atoms with Crippen LogP contribution < -0.4 is 9.47 Å². The second kappa shape index (κ2) is 6.10. The number of rotatable bonds is 6. The van der Waals surface area contributed by atoms with Crippen LogP contribution >= 0.6 is 0 Å². The molecule has 17 heavy (non-hydrogen) atoms. The predicted molar refractivity (Wildman–Crippen MR) is 61.9 cm³/mol. The summed E-state index contributed by atoms with van der Waals surface area (Å²) in [6, 6.07) is 3.08. The van der Waals surface area contributed by atoms with Crippen molar-refractivity contribution in [1.29, 1.82) is 0 Å². The Morgan fingerprint density at radius 1 is 1.24 bits per heavy atom. The average molecular weight is 240 g/mol. The maximum Gasteiger partial charge on any atom is 0.339 e. The highest BCUT2D eigenvalue weighted by Crippen LogP contribution is 2.29. The van der Waals surface area contributed by atoms with Gasteiger partial charge >= 0.3 is 5.97 Å². The highest BCUT2D eigenvalue weighted by Gasteiger charge is 2.15. The Labute approximate surface area is 99.6 Å². The summed E-state index contributed by atoms with van der Waals surface area (Å²) in [5, 5.41) is 17.8. The maximum absolute atomic E-state index is 11.0. The lowest BCUT2D eigenvalue weighted by atomic mass is 10.0. The summed E-state index contributed by atoms with van der Waals surface area (Å²) in [6.07, 6.45) is 1.12. The first-order valence-electron chi connectivity index (χ1n) is 5.23. The molecule has 0 aliphatic rings. The standard InChI is InChI=1S/C12H16O5/c1-16-10-7-11(17-2)9(12(14)15)6-8(10)4-3-5-13/h6-7,13H,3-5H2,1-2H3,(H,14,15). The zero-order valence-corrected chi connectivity index (χ0v) is 9.90. The molecule has 0 heterocycles. The molecule has 5 heteroatoms. The van der Waals surface area contributed by atoms with E-state index >= 15 is 0 Å². The van der Waals surface area contributed by atoms with E-state index in [1.165, 1.54) is 20.3 Å². The minimum atomic E-state index is -1.05. The Bertz CT molecular complexity index is 400. The van der Waals surface area contributed by atoms with Crippen LogP contribution in [-0.4, -0.2) is 37.0 Å². The van der Waals surface area contributed by atoms with E-state index in [9.17, 15) is 4.79 Å². The van der Waals surface area contributed by atoms with E-state index in [0.717, 1.165) is 5.56 Å². The van der Waals surface area contributed by atoms with Crippen molar-refractivity contribution in [3.05, 3.63) is 23.3 Å². The third kappa shape index (κ3) is 3.10. The molecule has 0 radical (unpaired) electrons. The van der Waals surface area contributed by atoms with Crippen molar-refractivity contribution in [1.82, 2.24) is 0 Å². The summed E-state index contributed by atoms with van der Waals surface area (Å²) in [7, 11) is 2.92. The molecular formula is C12H16O5. The lowest BCUT2D eigenvalue weighted by Gasteiger charge is -2.12. The van der Waals surface area contributed by atoms with Crippen molar-refractivity contribution < 1.29 is 24.5 Å². The molecule has 0 aliphatic heterocycles. The summed E-state index contributed by atoms with van der Waals surface area (Å²) >= 11 is 0. The minimum absolute atomic E-state index is 0.0532. The number of benzene rings is 1. The molecule has 0 bridgehead atoms. The van der Waals surface area contributed by atoms with Crippen LogP contribution in [0.5, 0.6) is 11.5 Å². The van der Waals surface area contributed by atoms with Gasteiger partial charge in [0.05, 0.1) is 14.2 Å². The fourth-order valence-corrected chi connectivity index (χ4v) is 1.60. The molecule has 1 aromatic rings. The summed E-state index contributed by atoms with van der Waals surface area (Å²) in [6.45, 7) is 0.0532. The summed E-state index contributed by atoms with van der Waals surface area (Å²) in [5.41, 5.74) is 0.848. The molecule has 1 aromatic carbocycles. The molecule has 0 aromatic heterocycles. The van der Waals surface area contributed by atoms with Crippen LogP contribution in [-0.2, 0) is 6.42 Å². The van der Waals surface area contributed by atoms with Gasteiger partial charge in [-0.15, -0.1) is 0 Å². The van der Waals surface area contributed by atoms with Crippen LogP contribution in [0.25, 0.3) is 0 Å². The number of aryl methyl sites for hydroxylation is 1. The molecule has 0 fully saturated rings. The van der Waals surface area contributed by atoms with Crippen molar-refractivity contribution in [2.45, 2.75) is 12.8 Å². The largest absolute Gasteiger partial charge is 0.496 e. The number of aliphatic hydroxyl groups is 1. The maximum atomic E-state index is 11.0. The zero-order chi connectivity index (χ0) is 12.8. The Morgan fingerprint density at radius 2 is 1.88 bits per heavy atom. The second-order valence-electron chi connectivity index (χ2n) is 3.50. The van der Waals surface area contributed by atoms with Gasteiger partial charge in [0.25, 0.3) is 0 Å². The van der Waals surface area contributed by atoms with Crippen LogP contribution in [0.2, 0.25) is 0 Å². The molecule has 0 saturated carbocycles. The normalized spacial score (nSPS) is 10.1. The predicted octanol–water partition coefficient (Wildman–Crippen LogP) is 1.33. The van der Waals surface area contributed by atoms with E-state index in [1.807, 2.05) is 0 Å². The highest BCUT2D eigenvalue weighted by molar-refractivity contribution is 5.91. The van der Waals surface area contributed by atoms with Crippen LogP contribution in [0.3, 0.4) is 0 Å². The van der Waals surface area contributed by atoms with Crippen LogP contribution in [0.4, 0.5) is 0 Å². The second-order valence-corrected chi connectivity index (χ2v) is 3.50. The lowest BCUT2D eigenvalue weighted by molar-refractivity contribution is 0.0693. The third-order valence-electron chi connectivity index (χ3n) is 2.44. The van der Waals surface area contributed by atoms with Gasteiger partial charge in [-0.25, -0.2) is 4.79 Å². The van der Waals surface area contributed by atoms with E-state index in [1.54, 1.807) is 6.07 Å². The average Bonchev–Trinajstić information content (AvgIpc) is 2.34. The van der Waals surface area contributed by atoms with Gasteiger partial charge in [-0.05, 0) is 24.5 Å². The van der Waals surface area contributed by atoms with Crippen molar-refractivity contribution in [2.24, 2.45) is 0 Å². The number of aliphatic hydroxyl groups excluding tert-OH is 1. The number of aromatic carboxylic acids is 1. The molecule has 94 valence electrons. The van der Waals surface area contributed by atoms with Crippen LogP contribution in [0, 0.1) is 0 Å². The van der Waals surface area contributed by atoms with Crippen molar-refractivity contribution in [3.8, 4) is 11.5 Å². The topological polar surface area (TPSA) is 76.0 Å². The number of hydrogen-bond acceptors (Lipinski definition) is 4. The number of carbonyl (C=O) groups is 1. The van der Waals surface area contributed by atoms with Crippen LogP contribution in [0.15, 0.2) is 12.1 Å². The van der Waals surface area contributed by atoms with Gasteiger partial charge in [0, 0.05) is 12.7 Å². The van der Waals surface area contributed by atoms with Gasteiger partial charge in [0.1, 0.15) is 17.1 Å². The van der Waals surface area contributed by atoms with E-state index in [0.29, 0.717) is 18.6 Å². The molecule has 0 unspecified atom stereocenters. The Balaban J connectivity index is 3.18. The molecule has 0 spiro atoms. The Morgan fingerprint density at radius 3 is 2.35 bits per heavy atom. The molecule has 5 nitrogen and oxygen atoms in total.